The van der Waals surface area contributed by atoms with E-state index in [2.05, 4.69) is 25.0 Å². The molecule has 0 aliphatic rings. The third-order valence-electron chi connectivity index (χ3n) is 5.02. The number of carbonyl (C=O) groups is 1. The predicted molar refractivity (Wildman–Crippen MR) is 132 cm³/mol. The van der Waals surface area contributed by atoms with E-state index >= 15 is 0 Å². The lowest BCUT2D eigenvalue weighted by Crippen LogP contribution is -2.16. The highest BCUT2D eigenvalue weighted by Gasteiger charge is 2.18. The van der Waals surface area contributed by atoms with Gasteiger partial charge in [-0.2, -0.15) is 0 Å². The molecule has 3 heterocycles. The van der Waals surface area contributed by atoms with Gasteiger partial charge in [0, 0.05) is 35.2 Å². The highest BCUT2D eigenvalue weighted by molar-refractivity contribution is 7.92. The molecule has 12 heteroatoms. The fraction of sp³-hybridized carbons (Fsp3) is 0.0435. The Labute approximate surface area is 204 Å². The number of amides is 1. The minimum Gasteiger partial charge on any atom is -0.497 e. The van der Waals surface area contributed by atoms with Crippen molar-refractivity contribution in [3.63, 3.8) is 0 Å². The van der Waals surface area contributed by atoms with Crippen LogP contribution in [0.15, 0.2) is 83.5 Å². The van der Waals surface area contributed by atoms with Gasteiger partial charge in [0.2, 0.25) is 5.95 Å². The third kappa shape index (κ3) is 4.69. The first-order valence-electron chi connectivity index (χ1n) is 10.3. The second kappa shape index (κ2) is 9.16. The Morgan fingerprint density at radius 1 is 1.06 bits per heavy atom. The quantitative estimate of drug-likeness (QED) is 0.342. The first-order valence-corrected chi connectivity index (χ1v) is 12.6. The van der Waals surface area contributed by atoms with E-state index in [1.807, 2.05) is 24.3 Å². The fourth-order valence-corrected chi connectivity index (χ4v) is 5.12. The Morgan fingerprint density at radius 3 is 2.57 bits per heavy atom. The van der Waals surface area contributed by atoms with E-state index in [0.29, 0.717) is 27.8 Å². The SMILES string of the molecule is COc1cccc(-c2cn3c(C(=O)Nc4ccc(S(=O)(=O)Nc5ncccn5)cc4)csc3n2)c1. The van der Waals surface area contributed by atoms with Gasteiger partial charge >= 0.3 is 0 Å². The lowest BCUT2D eigenvalue weighted by atomic mass is 10.1. The van der Waals surface area contributed by atoms with Crippen LogP contribution in [0.3, 0.4) is 0 Å². The van der Waals surface area contributed by atoms with Crippen molar-refractivity contribution >= 4 is 43.9 Å². The standard InChI is InChI=1S/C23H18N6O4S2/c1-33-17-5-2-4-15(12-17)19-13-29-20(14-34-23(29)27-19)21(30)26-16-6-8-18(9-7-16)35(31,32)28-22-24-10-3-11-25-22/h2-14H,1H3,(H,26,30)(H,24,25,28). The summed E-state index contributed by atoms with van der Waals surface area (Å²) in [6.45, 7) is 0. The number of sulfonamides is 1. The van der Waals surface area contributed by atoms with Gasteiger partial charge in [0.1, 0.15) is 11.4 Å². The van der Waals surface area contributed by atoms with E-state index in [4.69, 9.17) is 4.74 Å². The Hall–Kier alpha value is -4.29. The van der Waals surface area contributed by atoms with E-state index < -0.39 is 10.0 Å². The highest BCUT2D eigenvalue weighted by atomic mass is 32.2. The topological polar surface area (TPSA) is 128 Å². The number of rotatable bonds is 7. The molecule has 0 bridgehead atoms. The summed E-state index contributed by atoms with van der Waals surface area (Å²) in [6, 6.07) is 14.9. The number of aromatic nitrogens is 4. The van der Waals surface area contributed by atoms with Crippen LogP contribution in [0, 0.1) is 0 Å². The molecule has 0 fully saturated rings. The second-order valence-electron chi connectivity index (χ2n) is 7.29. The minimum absolute atomic E-state index is 0.0124. The number of fused-ring (bicyclic) bond motifs is 1. The van der Waals surface area contributed by atoms with Gasteiger partial charge in [-0.1, -0.05) is 12.1 Å². The second-order valence-corrected chi connectivity index (χ2v) is 9.81. The summed E-state index contributed by atoms with van der Waals surface area (Å²) in [5.74, 6) is 0.339. The molecule has 3 aromatic heterocycles. The van der Waals surface area contributed by atoms with Crippen LogP contribution in [0.5, 0.6) is 5.75 Å². The molecular formula is C23H18N6O4S2. The summed E-state index contributed by atoms with van der Waals surface area (Å²) >= 11 is 1.35. The Kier molecular flexibility index (Phi) is 5.89. The van der Waals surface area contributed by atoms with Gasteiger partial charge in [-0.25, -0.2) is 28.1 Å². The Morgan fingerprint density at radius 2 is 1.83 bits per heavy atom. The van der Waals surface area contributed by atoms with Gasteiger partial charge in [-0.05, 0) is 42.5 Å². The maximum absolute atomic E-state index is 12.9. The molecule has 0 aliphatic carbocycles. The lowest BCUT2D eigenvalue weighted by molar-refractivity contribution is 0.102. The van der Waals surface area contributed by atoms with Crippen LogP contribution in [-0.4, -0.2) is 40.8 Å². The Bertz CT molecular complexity index is 1610. The van der Waals surface area contributed by atoms with Crippen molar-refractivity contribution in [2.24, 2.45) is 0 Å². The average molecular weight is 507 g/mol. The zero-order chi connectivity index (χ0) is 24.4. The van der Waals surface area contributed by atoms with Crippen LogP contribution >= 0.6 is 11.3 Å². The van der Waals surface area contributed by atoms with E-state index in [9.17, 15) is 13.2 Å². The number of anilines is 2. The van der Waals surface area contributed by atoms with Crippen LogP contribution in [0.4, 0.5) is 11.6 Å². The van der Waals surface area contributed by atoms with E-state index in [-0.39, 0.29) is 16.8 Å². The summed E-state index contributed by atoms with van der Waals surface area (Å²) in [4.78, 5) is 25.9. The monoisotopic (exact) mass is 506 g/mol. The van der Waals surface area contributed by atoms with Crippen LogP contribution in [0.1, 0.15) is 10.5 Å². The lowest BCUT2D eigenvalue weighted by Gasteiger charge is -2.08. The average Bonchev–Trinajstić information content (AvgIpc) is 3.46. The maximum Gasteiger partial charge on any atom is 0.273 e. The third-order valence-corrected chi connectivity index (χ3v) is 7.21. The summed E-state index contributed by atoms with van der Waals surface area (Å²) in [7, 11) is -2.27. The van der Waals surface area contributed by atoms with Crippen molar-refractivity contribution in [3.05, 3.63) is 84.3 Å². The molecule has 10 nitrogen and oxygen atoms in total. The maximum atomic E-state index is 12.9. The first kappa shape index (κ1) is 22.5. The van der Waals surface area contributed by atoms with Crippen molar-refractivity contribution in [2.45, 2.75) is 4.90 Å². The molecule has 0 atom stereocenters. The van der Waals surface area contributed by atoms with Crippen LogP contribution < -0.4 is 14.8 Å². The molecule has 0 spiro atoms. The van der Waals surface area contributed by atoms with Gasteiger partial charge < -0.3 is 10.1 Å². The molecule has 5 aromatic rings. The smallest absolute Gasteiger partial charge is 0.273 e. The molecule has 35 heavy (non-hydrogen) atoms. The largest absolute Gasteiger partial charge is 0.497 e. The number of benzene rings is 2. The molecule has 2 N–H and O–H groups in total. The van der Waals surface area contributed by atoms with Crippen LogP contribution in [-0.2, 0) is 10.0 Å². The zero-order valence-corrected chi connectivity index (χ0v) is 19.9. The number of ether oxygens (including phenoxy) is 1. The molecule has 0 unspecified atom stereocenters. The molecule has 176 valence electrons. The molecule has 0 aliphatic heterocycles. The van der Waals surface area contributed by atoms with E-state index in [0.717, 1.165) is 5.56 Å². The molecule has 0 saturated heterocycles. The normalized spacial score (nSPS) is 11.3. The predicted octanol–water partition coefficient (Wildman–Crippen LogP) is 3.91. The molecule has 0 saturated carbocycles. The summed E-state index contributed by atoms with van der Waals surface area (Å²) in [6.07, 6.45) is 4.66. The highest BCUT2D eigenvalue weighted by Crippen LogP contribution is 2.27. The van der Waals surface area contributed by atoms with Crippen molar-refractivity contribution in [1.82, 2.24) is 19.4 Å². The van der Waals surface area contributed by atoms with Gasteiger partial charge in [0.25, 0.3) is 15.9 Å². The number of hydrogen-bond acceptors (Lipinski definition) is 8. The van der Waals surface area contributed by atoms with Gasteiger partial charge in [-0.3, -0.25) is 9.20 Å². The minimum atomic E-state index is -3.87. The summed E-state index contributed by atoms with van der Waals surface area (Å²) < 4.78 is 34.4. The van der Waals surface area contributed by atoms with Gasteiger partial charge in [0.15, 0.2) is 4.96 Å². The van der Waals surface area contributed by atoms with Crippen molar-refractivity contribution < 1.29 is 17.9 Å². The molecular weight excluding hydrogens is 488 g/mol. The van der Waals surface area contributed by atoms with Crippen molar-refractivity contribution in [1.29, 1.82) is 0 Å². The summed E-state index contributed by atoms with van der Waals surface area (Å²) in [5.41, 5.74) is 2.44. The van der Waals surface area contributed by atoms with E-state index in [1.165, 1.54) is 48.0 Å². The molecule has 2 aromatic carbocycles. The number of hydrogen-bond donors (Lipinski definition) is 2. The van der Waals surface area contributed by atoms with Crippen LogP contribution in [0.25, 0.3) is 16.2 Å². The number of nitrogens with one attached hydrogen (secondary N) is 2. The number of nitrogens with zero attached hydrogens (tertiary/aromatic N) is 4. The number of methoxy groups -OCH3 is 1. The van der Waals surface area contributed by atoms with E-state index in [1.54, 1.807) is 29.2 Å². The molecule has 1 amide bonds. The number of imidazole rings is 1. The van der Waals surface area contributed by atoms with Crippen LogP contribution in [0.2, 0.25) is 0 Å². The number of carbonyl (C=O) groups excluding carboxylic acids is 1. The van der Waals surface area contributed by atoms with Crippen molar-refractivity contribution in [3.8, 4) is 17.0 Å². The Balaban J connectivity index is 1.33. The zero-order valence-electron chi connectivity index (χ0n) is 18.2. The van der Waals surface area contributed by atoms with Gasteiger partial charge in [-0.15, -0.1) is 11.3 Å². The first-order chi connectivity index (χ1) is 16.9. The molecule has 0 radical (unpaired) electrons. The van der Waals surface area contributed by atoms with Crippen molar-refractivity contribution in [2.75, 3.05) is 17.1 Å². The molecule has 5 rings (SSSR count). The summed E-state index contributed by atoms with van der Waals surface area (Å²) in [5, 5.41) is 4.51. The number of thiazole rings is 1. The van der Waals surface area contributed by atoms with Gasteiger partial charge in [0.05, 0.1) is 17.7 Å². The fourth-order valence-electron chi connectivity index (χ4n) is 3.31.